The number of rotatable bonds is 4. The lowest BCUT2D eigenvalue weighted by molar-refractivity contribution is -0.124. The van der Waals surface area contributed by atoms with Gasteiger partial charge in [0.05, 0.1) is 0 Å². The van der Waals surface area contributed by atoms with Crippen LogP contribution in [0.15, 0.2) is 0 Å². The van der Waals surface area contributed by atoms with Crippen LogP contribution in [0.5, 0.6) is 0 Å². The summed E-state index contributed by atoms with van der Waals surface area (Å²) < 4.78 is 0. The first kappa shape index (κ1) is 9.29. The molecule has 1 unspecified atom stereocenters. The molecule has 0 saturated carbocycles. The van der Waals surface area contributed by atoms with Gasteiger partial charge in [0, 0.05) is 12.8 Å². The van der Waals surface area contributed by atoms with Gasteiger partial charge in [0.25, 0.3) is 0 Å². The largest absolute Gasteiger partial charge is 0.357 e. The Balaban J connectivity index is 3.79. The normalized spacial score (nSPS) is 11.8. The van der Waals surface area contributed by atoms with Crippen LogP contribution >= 0.6 is 12.6 Å². The van der Waals surface area contributed by atoms with E-state index in [2.05, 4.69) is 23.3 Å². The van der Waals surface area contributed by atoms with Crippen molar-refractivity contribution < 1.29 is 9.59 Å². The van der Waals surface area contributed by atoms with E-state index in [1.807, 2.05) is 0 Å². The minimum absolute atomic E-state index is 0.234. The van der Waals surface area contributed by atoms with Crippen molar-refractivity contribution in [2.24, 2.45) is 0 Å². The molecule has 2 amide bonds. The van der Waals surface area contributed by atoms with Gasteiger partial charge in [0.2, 0.25) is 12.3 Å². The lowest BCUT2D eigenvalue weighted by Crippen LogP contribution is -2.43. The summed E-state index contributed by atoms with van der Waals surface area (Å²) in [5.74, 6) is 0.0698. The van der Waals surface area contributed by atoms with E-state index in [1.165, 1.54) is 7.05 Å². The average Bonchev–Trinajstić information content (AvgIpc) is 1.99. The molecule has 0 spiro atoms. The minimum atomic E-state index is -0.522. The molecule has 0 aliphatic heterocycles. The molecule has 1 atom stereocenters. The molecule has 0 aliphatic carbocycles. The van der Waals surface area contributed by atoms with E-state index in [9.17, 15) is 9.59 Å². The van der Waals surface area contributed by atoms with Gasteiger partial charge >= 0.3 is 0 Å². The Hall–Kier alpha value is -0.710. The van der Waals surface area contributed by atoms with E-state index >= 15 is 0 Å². The van der Waals surface area contributed by atoms with Crippen LogP contribution in [0, 0.1) is 0 Å². The molecular weight excluding hydrogens is 152 g/mol. The van der Waals surface area contributed by atoms with Crippen molar-refractivity contribution in [3.8, 4) is 0 Å². The highest BCUT2D eigenvalue weighted by Gasteiger charge is 2.12. The van der Waals surface area contributed by atoms with Crippen molar-refractivity contribution in [3.63, 3.8) is 0 Å². The van der Waals surface area contributed by atoms with Crippen LogP contribution in [-0.2, 0) is 9.59 Å². The third-order valence-corrected chi connectivity index (χ3v) is 1.38. The van der Waals surface area contributed by atoms with Crippen molar-refractivity contribution in [1.82, 2.24) is 10.6 Å². The Morgan fingerprint density at radius 3 is 2.70 bits per heavy atom. The summed E-state index contributed by atoms with van der Waals surface area (Å²) >= 11 is 3.86. The summed E-state index contributed by atoms with van der Waals surface area (Å²) in [4.78, 5) is 20.6. The quantitative estimate of drug-likeness (QED) is 0.358. The second kappa shape index (κ2) is 5.10. The molecule has 0 rings (SSSR count). The zero-order valence-corrected chi connectivity index (χ0v) is 6.52. The van der Waals surface area contributed by atoms with E-state index in [4.69, 9.17) is 0 Å². The Morgan fingerprint density at radius 1 is 1.80 bits per heavy atom. The predicted molar refractivity (Wildman–Crippen MR) is 40.9 cm³/mol. The molecule has 0 aliphatic rings. The molecule has 4 nitrogen and oxygen atoms in total. The van der Waals surface area contributed by atoms with E-state index in [1.54, 1.807) is 0 Å². The van der Waals surface area contributed by atoms with Gasteiger partial charge in [-0.1, -0.05) is 0 Å². The van der Waals surface area contributed by atoms with Gasteiger partial charge in [-0.3, -0.25) is 9.59 Å². The molecule has 0 saturated heterocycles. The molecule has 0 aromatic heterocycles. The predicted octanol–water partition coefficient (Wildman–Crippen LogP) is -1.22. The molecule has 0 aromatic rings. The monoisotopic (exact) mass is 162 g/mol. The molecule has 0 bridgehead atoms. The van der Waals surface area contributed by atoms with Gasteiger partial charge in [-0.15, -0.1) is 0 Å². The van der Waals surface area contributed by atoms with Crippen molar-refractivity contribution in [1.29, 1.82) is 0 Å². The van der Waals surface area contributed by atoms with Gasteiger partial charge in [-0.25, -0.2) is 0 Å². The summed E-state index contributed by atoms with van der Waals surface area (Å²) in [6.45, 7) is 0. The Bertz CT molecular complexity index is 129. The van der Waals surface area contributed by atoms with Crippen LogP contribution in [0.2, 0.25) is 0 Å². The Labute approximate surface area is 64.8 Å². The van der Waals surface area contributed by atoms with Crippen molar-refractivity contribution >= 4 is 24.9 Å². The minimum Gasteiger partial charge on any atom is -0.357 e. The molecular formula is C5H10N2O2S. The SMILES string of the molecule is CNC(=O)C(CS)NC=O. The number of carbonyl (C=O) groups is 2. The topological polar surface area (TPSA) is 58.2 Å². The molecule has 0 heterocycles. The molecule has 0 radical (unpaired) electrons. The summed E-state index contributed by atoms with van der Waals surface area (Å²) in [6, 6.07) is -0.522. The maximum atomic E-state index is 10.8. The molecule has 58 valence electrons. The van der Waals surface area contributed by atoms with Crippen LogP contribution in [-0.4, -0.2) is 31.2 Å². The third kappa shape index (κ3) is 2.72. The Kier molecular flexibility index (Phi) is 4.74. The van der Waals surface area contributed by atoms with Crippen LogP contribution in [0.1, 0.15) is 0 Å². The van der Waals surface area contributed by atoms with Gasteiger partial charge in [0.1, 0.15) is 6.04 Å². The standard InChI is InChI=1S/C5H10N2O2S/c1-6-5(9)4(2-10)7-3-8/h3-4,10H,2H2,1H3,(H,6,9)(H,7,8). The Morgan fingerprint density at radius 2 is 2.40 bits per heavy atom. The highest BCUT2D eigenvalue weighted by molar-refractivity contribution is 7.80. The summed E-state index contributed by atoms with van der Waals surface area (Å²) in [6.07, 6.45) is 0.482. The lowest BCUT2D eigenvalue weighted by Gasteiger charge is -2.09. The second-order valence-electron chi connectivity index (χ2n) is 1.63. The molecule has 2 N–H and O–H groups in total. The number of carbonyl (C=O) groups excluding carboxylic acids is 2. The number of thiol groups is 1. The van der Waals surface area contributed by atoms with E-state index in [0.717, 1.165) is 0 Å². The molecule has 5 heteroatoms. The molecule has 10 heavy (non-hydrogen) atoms. The fourth-order valence-electron chi connectivity index (χ4n) is 0.468. The van der Waals surface area contributed by atoms with Crippen LogP contribution < -0.4 is 10.6 Å². The first-order valence-corrected chi connectivity index (χ1v) is 3.41. The summed E-state index contributed by atoms with van der Waals surface area (Å²) in [5.41, 5.74) is 0. The fraction of sp³-hybridized carbons (Fsp3) is 0.600. The fourth-order valence-corrected chi connectivity index (χ4v) is 0.739. The maximum absolute atomic E-state index is 10.8. The number of hydrogen-bond donors (Lipinski definition) is 3. The zero-order valence-electron chi connectivity index (χ0n) is 5.63. The van der Waals surface area contributed by atoms with Crippen LogP contribution in [0.3, 0.4) is 0 Å². The smallest absolute Gasteiger partial charge is 0.243 e. The third-order valence-electron chi connectivity index (χ3n) is 1.01. The van der Waals surface area contributed by atoms with Crippen LogP contribution in [0.4, 0.5) is 0 Å². The van der Waals surface area contributed by atoms with Crippen molar-refractivity contribution in [3.05, 3.63) is 0 Å². The average molecular weight is 162 g/mol. The molecule has 0 aromatic carbocycles. The lowest BCUT2D eigenvalue weighted by atomic mass is 10.3. The van der Waals surface area contributed by atoms with Gasteiger partial charge in [-0.2, -0.15) is 12.6 Å². The van der Waals surface area contributed by atoms with Crippen molar-refractivity contribution in [2.45, 2.75) is 6.04 Å². The summed E-state index contributed by atoms with van der Waals surface area (Å²) in [7, 11) is 1.51. The van der Waals surface area contributed by atoms with Crippen LogP contribution in [0.25, 0.3) is 0 Å². The van der Waals surface area contributed by atoms with Gasteiger partial charge < -0.3 is 10.6 Å². The van der Waals surface area contributed by atoms with E-state index < -0.39 is 6.04 Å². The highest BCUT2D eigenvalue weighted by Crippen LogP contribution is 1.85. The summed E-state index contributed by atoms with van der Waals surface area (Å²) in [5, 5.41) is 4.71. The number of nitrogens with one attached hydrogen (secondary N) is 2. The molecule has 0 fully saturated rings. The van der Waals surface area contributed by atoms with E-state index in [-0.39, 0.29) is 5.91 Å². The number of likely N-dealkylation sites (N-methyl/N-ethyl adjacent to an activating group) is 1. The first-order chi connectivity index (χ1) is 4.76. The zero-order chi connectivity index (χ0) is 7.98. The van der Waals surface area contributed by atoms with Crippen molar-refractivity contribution in [2.75, 3.05) is 12.8 Å². The van der Waals surface area contributed by atoms with E-state index in [0.29, 0.717) is 12.2 Å². The van der Waals surface area contributed by atoms with Gasteiger partial charge in [-0.05, 0) is 0 Å². The second-order valence-corrected chi connectivity index (χ2v) is 2.00. The maximum Gasteiger partial charge on any atom is 0.243 e. The van der Waals surface area contributed by atoms with Gasteiger partial charge in [0.15, 0.2) is 0 Å². The number of hydrogen-bond acceptors (Lipinski definition) is 3. The first-order valence-electron chi connectivity index (χ1n) is 2.78. The number of amides is 2. The highest BCUT2D eigenvalue weighted by atomic mass is 32.1.